The third-order valence-corrected chi connectivity index (χ3v) is 9.38. The maximum absolute atomic E-state index is 6.38. The summed E-state index contributed by atoms with van der Waals surface area (Å²) in [5.41, 5.74) is -2.39. The van der Waals surface area contributed by atoms with Crippen LogP contribution < -0.4 is 14.9 Å². The van der Waals surface area contributed by atoms with E-state index >= 15 is 0 Å². The van der Waals surface area contributed by atoms with Crippen LogP contribution in [0.5, 0.6) is 5.75 Å². The predicted octanol–water partition coefficient (Wildman–Crippen LogP) is 4.59. The number of methoxy groups -OCH3 is 1. The van der Waals surface area contributed by atoms with Gasteiger partial charge in [-0.05, 0) is 86.4 Å². The minimum atomic E-state index is -2.39. The van der Waals surface area contributed by atoms with Gasteiger partial charge in [0.15, 0.2) is 0 Å². The average Bonchev–Trinajstić information content (AvgIpc) is 2.69. The molecule has 29 heavy (non-hydrogen) atoms. The molecule has 1 unspecified atom stereocenters. The molecule has 3 nitrogen and oxygen atoms in total. The Morgan fingerprint density at radius 1 is 1.10 bits per heavy atom. The first kappa shape index (κ1) is 27.0. The summed E-state index contributed by atoms with van der Waals surface area (Å²) in [5.74, 6) is 2.69. The highest BCUT2D eigenvalue weighted by atomic mass is 32.9. The van der Waals surface area contributed by atoms with Crippen LogP contribution in [0, 0.1) is 17.8 Å². The molecule has 0 bridgehead atoms. The molecule has 1 aliphatic rings. The molecular weight excluding hydrogens is 417 g/mol. The first-order chi connectivity index (χ1) is 13.7. The smallest absolute Gasteiger partial charge is 0.118 e. The number of hydrogen-bond donors (Lipinski definition) is 1. The molecule has 0 heterocycles. The molecule has 0 spiro atoms. The number of quaternary nitrogens is 1. The van der Waals surface area contributed by atoms with E-state index in [1.165, 1.54) is 32.5 Å². The normalized spacial score (nSPS) is 24.0. The van der Waals surface area contributed by atoms with E-state index in [4.69, 9.17) is 33.3 Å². The first-order valence-corrected chi connectivity index (χ1v) is 14.9. The fourth-order valence-corrected chi connectivity index (χ4v) is 6.62. The second-order valence-corrected chi connectivity index (χ2v) is 14.0. The van der Waals surface area contributed by atoms with Crippen LogP contribution in [-0.2, 0) is 28.6 Å². The topological polar surface area (TPSA) is 22.9 Å². The molecule has 0 amide bonds. The van der Waals surface area contributed by atoms with Crippen LogP contribution in [0.4, 0.5) is 0 Å². The third kappa shape index (κ3) is 8.91. The van der Waals surface area contributed by atoms with Crippen LogP contribution >= 0.6 is 5.47 Å². The van der Waals surface area contributed by atoms with Gasteiger partial charge in [0.2, 0.25) is 0 Å². The van der Waals surface area contributed by atoms with Crippen LogP contribution in [-0.4, -0.2) is 32.8 Å². The van der Waals surface area contributed by atoms with Gasteiger partial charge in [-0.15, -0.1) is 0 Å². The van der Waals surface area contributed by atoms with E-state index in [0.717, 1.165) is 17.5 Å². The number of benzene rings is 1. The summed E-state index contributed by atoms with van der Waals surface area (Å²) >= 11 is 11.4. The van der Waals surface area contributed by atoms with Gasteiger partial charge in [0, 0.05) is 0 Å². The Morgan fingerprint density at radius 3 is 2.07 bits per heavy atom. The largest absolute Gasteiger partial charge is 0.715 e. The lowest BCUT2D eigenvalue weighted by Gasteiger charge is -2.42. The molecule has 6 heteroatoms. The monoisotopic (exact) mass is 459 g/mol. The Balaban J connectivity index is 0.000000516. The lowest BCUT2D eigenvalue weighted by molar-refractivity contribution is -0.894. The van der Waals surface area contributed by atoms with E-state index in [1.54, 1.807) is 12.0 Å². The van der Waals surface area contributed by atoms with E-state index < -0.39 is 5.47 Å². The van der Waals surface area contributed by atoms with Gasteiger partial charge in [-0.1, -0.05) is 39.0 Å². The summed E-state index contributed by atoms with van der Waals surface area (Å²) < 4.78 is 11.6. The minimum Gasteiger partial charge on any atom is -0.715 e. The van der Waals surface area contributed by atoms with Crippen LogP contribution in [0.25, 0.3) is 0 Å². The quantitative estimate of drug-likeness (QED) is 0.454. The van der Waals surface area contributed by atoms with Crippen LogP contribution in [0.2, 0.25) is 0 Å². The van der Waals surface area contributed by atoms with Crippen molar-refractivity contribution in [1.29, 1.82) is 0 Å². The molecule has 0 radical (unpaired) electrons. The highest BCUT2D eigenvalue weighted by Gasteiger charge is 2.32. The zero-order valence-electron chi connectivity index (χ0n) is 19.4. The van der Waals surface area contributed by atoms with Gasteiger partial charge in [0.05, 0.1) is 32.8 Å². The fraction of sp³-hybridized carbons (Fsp3) is 0.739. The molecule has 1 N–H and O–H groups in total. The zero-order chi connectivity index (χ0) is 22.0. The van der Waals surface area contributed by atoms with Crippen molar-refractivity contribution in [1.82, 2.24) is 0 Å². The maximum Gasteiger partial charge on any atom is 0.118 e. The molecule has 1 aliphatic carbocycles. The summed E-state index contributed by atoms with van der Waals surface area (Å²) in [5, 5.41) is 0.957. The maximum atomic E-state index is 6.38. The summed E-state index contributed by atoms with van der Waals surface area (Å²) in [6.07, 6.45) is 3.78. The average molecular weight is 460 g/mol. The predicted molar refractivity (Wildman–Crippen MR) is 133 cm³/mol. The highest BCUT2D eigenvalue weighted by Crippen LogP contribution is 2.49. The molecular formula is C23H42NO2PS2. The molecule has 1 fully saturated rings. The van der Waals surface area contributed by atoms with Crippen molar-refractivity contribution in [3.63, 3.8) is 0 Å². The molecule has 0 aromatic heterocycles. The van der Waals surface area contributed by atoms with Crippen molar-refractivity contribution in [2.24, 2.45) is 17.8 Å². The SMILES string of the molecule is CC[NH+](CC)CC.COc1ccc(P(=S)([S-])O[C@@H]2C[C@H](C)CC[C@H]2C(C)C)cc1. The summed E-state index contributed by atoms with van der Waals surface area (Å²) in [6.45, 7) is 17.3. The first-order valence-electron chi connectivity index (χ1n) is 11.2. The third-order valence-electron chi connectivity index (χ3n) is 6.12. The van der Waals surface area contributed by atoms with Crippen molar-refractivity contribution in [3.8, 4) is 5.75 Å². The second kappa shape index (κ2) is 13.4. The Kier molecular flexibility index (Phi) is 12.4. The molecule has 2 rings (SSSR count). The standard InChI is InChI=1S/C17H27O2PS2.C6H15N/c1-12(2)16-10-5-13(3)11-17(16)19-20(21,22)15-8-6-14(18-4)7-9-15;1-4-7(5-2)6-3/h6-9,12-13,16-17H,5,10-11H2,1-4H3,(H,21,22);4-6H2,1-3H3/t13-,16+,17-;/m1./s1. The van der Waals surface area contributed by atoms with Crippen molar-refractivity contribution >= 4 is 34.8 Å². The Hall–Kier alpha value is -0.0600. The van der Waals surface area contributed by atoms with E-state index in [0.29, 0.717) is 17.8 Å². The molecule has 1 aromatic carbocycles. The lowest BCUT2D eigenvalue weighted by atomic mass is 9.75. The van der Waals surface area contributed by atoms with Crippen LogP contribution in [0.1, 0.15) is 60.8 Å². The number of hydrogen-bond acceptors (Lipinski definition) is 4. The van der Waals surface area contributed by atoms with Crippen LogP contribution in [0.3, 0.4) is 0 Å². The van der Waals surface area contributed by atoms with Gasteiger partial charge in [0.1, 0.15) is 5.75 Å². The van der Waals surface area contributed by atoms with Gasteiger partial charge >= 0.3 is 0 Å². The van der Waals surface area contributed by atoms with Gasteiger partial charge in [-0.25, -0.2) is 0 Å². The van der Waals surface area contributed by atoms with Crippen molar-refractivity contribution < 1.29 is 14.2 Å². The van der Waals surface area contributed by atoms with Crippen molar-refractivity contribution in [2.45, 2.75) is 66.9 Å². The molecule has 0 saturated heterocycles. The number of nitrogens with one attached hydrogen (secondary N) is 1. The van der Waals surface area contributed by atoms with Crippen molar-refractivity contribution in [2.75, 3.05) is 26.7 Å². The van der Waals surface area contributed by atoms with Gasteiger partial charge < -0.3 is 26.4 Å². The zero-order valence-corrected chi connectivity index (χ0v) is 22.0. The van der Waals surface area contributed by atoms with Crippen LogP contribution in [0.15, 0.2) is 24.3 Å². The van der Waals surface area contributed by atoms with Crippen molar-refractivity contribution in [3.05, 3.63) is 24.3 Å². The Morgan fingerprint density at radius 2 is 1.66 bits per heavy atom. The van der Waals surface area contributed by atoms with E-state index in [2.05, 4.69) is 41.5 Å². The summed E-state index contributed by atoms with van der Waals surface area (Å²) in [7, 11) is 1.66. The summed E-state index contributed by atoms with van der Waals surface area (Å²) in [6, 6.07) is 7.75. The highest BCUT2D eigenvalue weighted by molar-refractivity contribution is 8.56. The van der Waals surface area contributed by atoms with Gasteiger partial charge in [-0.3, -0.25) is 0 Å². The molecule has 1 saturated carbocycles. The number of ether oxygens (including phenoxy) is 1. The van der Waals surface area contributed by atoms with E-state index in [9.17, 15) is 0 Å². The second-order valence-electron chi connectivity index (χ2n) is 8.48. The Bertz CT molecular complexity index is 614. The summed E-state index contributed by atoms with van der Waals surface area (Å²) in [4.78, 5) is 1.68. The molecule has 0 aliphatic heterocycles. The fourth-order valence-electron chi connectivity index (χ4n) is 3.99. The Labute approximate surface area is 190 Å². The minimum absolute atomic E-state index is 0.203. The van der Waals surface area contributed by atoms with E-state index in [1.807, 2.05) is 24.3 Å². The molecule has 168 valence electrons. The van der Waals surface area contributed by atoms with Gasteiger partial charge in [-0.2, -0.15) is 0 Å². The number of rotatable bonds is 8. The van der Waals surface area contributed by atoms with Gasteiger partial charge in [0.25, 0.3) is 0 Å². The molecule has 4 atom stereocenters. The lowest BCUT2D eigenvalue weighted by Crippen LogP contribution is -3.11. The molecule has 1 aromatic rings. The van der Waals surface area contributed by atoms with E-state index in [-0.39, 0.29) is 6.10 Å².